The van der Waals surface area contributed by atoms with Crippen molar-refractivity contribution in [2.45, 2.75) is 12.8 Å². The summed E-state index contributed by atoms with van der Waals surface area (Å²) in [6, 6.07) is 15.9. The van der Waals surface area contributed by atoms with E-state index in [4.69, 9.17) is 4.74 Å². The van der Waals surface area contributed by atoms with Gasteiger partial charge in [0.2, 0.25) is 0 Å². The molecule has 22 heavy (non-hydrogen) atoms. The quantitative estimate of drug-likeness (QED) is 0.619. The molecule has 0 aliphatic heterocycles. The minimum absolute atomic E-state index is 0.0733. The lowest BCUT2D eigenvalue weighted by molar-refractivity contribution is -0.139. The Kier molecular flexibility index (Phi) is 4.99. The van der Waals surface area contributed by atoms with E-state index in [-0.39, 0.29) is 12.2 Å². The highest BCUT2D eigenvalue weighted by atomic mass is 19.4. The van der Waals surface area contributed by atoms with Crippen molar-refractivity contribution in [2.24, 2.45) is 0 Å². The van der Waals surface area contributed by atoms with E-state index in [1.54, 1.807) is 36.4 Å². The maximum Gasteiger partial charge on any atom is 0.417 e. The second kappa shape index (κ2) is 6.93. The van der Waals surface area contributed by atoms with Crippen molar-refractivity contribution in [1.29, 1.82) is 0 Å². The first kappa shape index (κ1) is 15.8. The van der Waals surface area contributed by atoms with Crippen LogP contribution in [0.5, 0.6) is 0 Å². The van der Waals surface area contributed by atoms with Crippen LogP contribution in [0.2, 0.25) is 0 Å². The Bertz CT molecular complexity index is 647. The number of ether oxygens (including phenoxy) is 1. The standard InChI is InChI=1S/C17H13F3O2/c18-17(19,20)15(14-9-5-2-6-10-14)11-16(21)22-12-13-7-3-1-4-8-13/h1-11H,12H2/b15-11-. The van der Waals surface area contributed by atoms with Gasteiger partial charge in [0.25, 0.3) is 0 Å². The summed E-state index contributed by atoms with van der Waals surface area (Å²) < 4.78 is 44.0. The first-order valence-corrected chi connectivity index (χ1v) is 6.52. The molecule has 0 aromatic heterocycles. The summed E-state index contributed by atoms with van der Waals surface area (Å²) in [5, 5.41) is 0. The third kappa shape index (κ3) is 4.48. The molecule has 5 heteroatoms. The molecule has 0 aliphatic carbocycles. The molecule has 2 rings (SSSR count). The van der Waals surface area contributed by atoms with Crippen LogP contribution in [-0.4, -0.2) is 12.1 Å². The van der Waals surface area contributed by atoms with Gasteiger partial charge >= 0.3 is 12.1 Å². The lowest BCUT2D eigenvalue weighted by Crippen LogP contribution is -2.13. The van der Waals surface area contributed by atoms with Crippen molar-refractivity contribution in [3.8, 4) is 0 Å². The number of benzene rings is 2. The van der Waals surface area contributed by atoms with Gasteiger partial charge in [-0.2, -0.15) is 13.2 Å². The Morgan fingerprint density at radius 1 is 0.955 bits per heavy atom. The largest absolute Gasteiger partial charge is 0.458 e. The lowest BCUT2D eigenvalue weighted by atomic mass is 10.1. The molecule has 0 saturated carbocycles. The molecular weight excluding hydrogens is 293 g/mol. The first-order valence-electron chi connectivity index (χ1n) is 6.52. The molecule has 0 aliphatic rings. The van der Waals surface area contributed by atoms with E-state index in [1.807, 2.05) is 0 Å². The van der Waals surface area contributed by atoms with E-state index in [0.29, 0.717) is 11.6 Å². The predicted molar refractivity (Wildman–Crippen MR) is 76.7 cm³/mol. The van der Waals surface area contributed by atoms with E-state index in [0.717, 1.165) is 0 Å². The van der Waals surface area contributed by atoms with Gasteiger partial charge in [-0.1, -0.05) is 60.7 Å². The maximum absolute atomic E-state index is 13.1. The fraction of sp³-hybridized carbons (Fsp3) is 0.118. The fourth-order valence-corrected chi connectivity index (χ4v) is 1.83. The number of halogens is 3. The smallest absolute Gasteiger partial charge is 0.417 e. The minimum atomic E-state index is -4.63. The van der Waals surface area contributed by atoms with E-state index in [9.17, 15) is 18.0 Å². The van der Waals surface area contributed by atoms with Crippen LogP contribution < -0.4 is 0 Å². The van der Waals surface area contributed by atoms with E-state index < -0.39 is 17.7 Å². The SMILES string of the molecule is O=C(/C=C(/c1ccccc1)C(F)(F)F)OCc1ccccc1. The van der Waals surface area contributed by atoms with Crippen LogP contribution >= 0.6 is 0 Å². The number of carbonyl (C=O) groups is 1. The number of carbonyl (C=O) groups excluding carboxylic acids is 1. The Morgan fingerprint density at radius 2 is 1.50 bits per heavy atom. The Balaban J connectivity index is 2.14. The molecule has 114 valence electrons. The molecule has 0 bridgehead atoms. The van der Waals surface area contributed by atoms with E-state index in [2.05, 4.69) is 0 Å². The van der Waals surface area contributed by atoms with Crippen molar-refractivity contribution in [3.63, 3.8) is 0 Å². The molecule has 0 spiro atoms. The van der Waals surface area contributed by atoms with Crippen molar-refractivity contribution in [3.05, 3.63) is 77.9 Å². The average molecular weight is 306 g/mol. The van der Waals surface area contributed by atoms with Gasteiger partial charge in [0, 0.05) is 6.08 Å². The molecule has 0 unspecified atom stereocenters. The van der Waals surface area contributed by atoms with Crippen LogP contribution in [0.25, 0.3) is 5.57 Å². The number of hydrogen-bond donors (Lipinski definition) is 0. The van der Waals surface area contributed by atoms with Crippen molar-refractivity contribution in [1.82, 2.24) is 0 Å². The van der Waals surface area contributed by atoms with Gasteiger partial charge in [0.15, 0.2) is 0 Å². The van der Waals surface area contributed by atoms with Gasteiger partial charge in [0.05, 0.1) is 5.57 Å². The van der Waals surface area contributed by atoms with Gasteiger partial charge in [-0.05, 0) is 11.1 Å². The zero-order valence-electron chi connectivity index (χ0n) is 11.5. The van der Waals surface area contributed by atoms with Gasteiger partial charge < -0.3 is 4.74 Å². The summed E-state index contributed by atoms with van der Waals surface area (Å²) in [6.07, 6.45) is -4.15. The summed E-state index contributed by atoms with van der Waals surface area (Å²) in [5.74, 6) is -1.03. The molecule has 0 saturated heterocycles. The molecule has 0 heterocycles. The summed E-state index contributed by atoms with van der Waals surface area (Å²) in [6.45, 7) is -0.0733. The van der Waals surface area contributed by atoms with Crippen molar-refractivity contribution in [2.75, 3.05) is 0 Å². The summed E-state index contributed by atoms with van der Waals surface area (Å²) in [5.41, 5.74) is -0.393. The van der Waals surface area contributed by atoms with Crippen molar-refractivity contribution < 1.29 is 22.7 Å². The van der Waals surface area contributed by atoms with Gasteiger partial charge in [-0.15, -0.1) is 0 Å². The van der Waals surface area contributed by atoms with Gasteiger partial charge in [-0.25, -0.2) is 4.79 Å². The number of alkyl halides is 3. The molecule has 0 fully saturated rings. The molecule has 2 nitrogen and oxygen atoms in total. The minimum Gasteiger partial charge on any atom is -0.458 e. The molecule has 2 aromatic rings. The number of esters is 1. The van der Waals surface area contributed by atoms with Crippen LogP contribution in [0.1, 0.15) is 11.1 Å². The zero-order valence-corrected chi connectivity index (χ0v) is 11.5. The zero-order chi connectivity index (χ0) is 16.0. The maximum atomic E-state index is 13.1. The third-order valence-electron chi connectivity index (χ3n) is 2.88. The summed E-state index contributed by atoms with van der Waals surface area (Å²) in [4.78, 5) is 11.6. The van der Waals surface area contributed by atoms with Crippen LogP contribution in [-0.2, 0) is 16.1 Å². The molecular formula is C17H13F3O2. The highest BCUT2D eigenvalue weighted by Gasteiger charge is 2.35. The monoisotopic (exact) mass is 306 g/mol. The van der Waals surface area contributed by atoms with E-state index >= 15 is 0 Å². The highest BCUT2D eigenvalue weighted by Crippen LogP contribution is 2.33. The Hall–Kier alpha value is -2.56. The fourth-order valence-electron chi connectivity index (χ4n) is 1.83. The average Bonchev–Trinajstić information content (AvgIpc) is 2.51. The van der Waals surface area contributed by atoms with Crippen LogP contribution in [0.4, 0.5) is 13.2 Å². The molecule has 2 aromatic carbocycles. The number of rotatable bonds is 4. The topological polar surface area (TPSA) is 26.3 Å². The lowest BCUT2D eigenvalue weighted by Gasteiger charge is -2.12. The van der Waals surface area contributed by atoms with Crippen LogP contribution in [0, 0.1) is 0 Å². The normalized spacial score (nSPS) is 12.0. The van der Waals surface area contributed by atoms with Gasteiger partial charge in [0.1, 0.15) is 6.61 Å². The number of allylic oxidation sites excluding steroid dienone is 1. The first-order chi connectivity index (χ1) is 10.5. The second-order valence-electron chi connectivity index (χ2n) is 4.52. The van der Waals surface area contributed by atoms with Crippen LogP contribution in [0.3, 0.4) is 0 Å². The van der Waals surface area contributed by atoms with Crippen molar-refractivity contribution >= 4 is 11.5 Å². The molecule has 0 atom stereocenters. The molecule has 0 radical (unpaired) electrons. The highest BCUT2D eigenvalue weighted by molar-refractivity contribution is 5.92. The second-order valence-corrected chi connectivity index (χ2v) is 4.52. The summed E-state index contributed by atoms with van der Waals surface area (Å²) in [7, 11) is 0. The molecule has 0 amide bonds. The van der Waals surface area contributed by atoms with Crippen LogP contribution in [0.15, 0.2) is 66.7 Å². The van der Waals surface area contributed by atoms with Gasteiger partial charge in [-0.3, -0.25) is 0 Å². The summed E-state index contributed by atoms with van der Waals surface area (Å²) >= 11 is 0. The molecule has 0 N–H and O–H groups in total. The number of hydrogen-bond acceptors (Lipinski definition) is 2. The van der Waals surface area contributed by atoms with E-state index in [1.165, 1.54) is 24.3 Å². The third-order valence-corrected chi connectivity index (χ3v) is 2.88. The Labute approximate surface area is 125 Å². The predicted octanol–water partition coefficient (Wildman–Crippen LogP) is 4.38. The Morgan fingerprint density at radius 3 is 2.05 bits per heavy atom.